The molecule has 0 N–H and O–H groups in total. The second kappa shape index (κ2) is 6.59. The van der Waals surface area contributed by atoms with Gasteiger partial charge in [-0.15, -0.1) is 0 Å². The SMILES string of the molecule is O=C1c2ccc(Cl)cc2CCN1c1cncc(CN2CCC(F)(F)C2)c1. The van der Waals surface area contributed by atoms with Crippen LogP contribution < -0.4 is 4.90 Å². The number of carbonyl (C=O) groups is 1. The second-order valence-corrected chi connectivity index (χ2v) is 7.31. The van der Waals surface area contributed by atoms with Crippen molar-refractivity contribution in [2.75, 3.05) is 24.5 Å². The maximum atomic E-state index is 13.4. The monoisotopic (exact) mass is 377 g/mol. The highest BCUT2D eigenvalue weighted by atomic mass is 35.5. The summed E-state index contributed by atoms with van der Waals surface area (Å²) in [4.78, 5) is 20.4. The number of alkyl halides is 2. The van der Waals surface area contributed by atoms with E-state index in [4.69, 9.17) is 11.6 Å². The van der Waals surface area contributed by atoms with Crippen molar-refractivity contribution >= 4 is 23.2 Å². The molecule has 1 amide bonds. The molecule has 7 heteroatoms. The predicted molar refractivity (Wildman–Crippen MR) is 95.9 cm³/mol. The molecule has 2 aromatic rings. The largest absolute Gasteiger partial charge is 0.306 e. The number of nitrogens with zero attached hydrogens (tertiary/aromatic N) is 3. The Bertz CT molecular complexity index is 858. The van der Waals surface area contributed by atoms with Crippen LogP contribution in [0.4, 0.5) is 14.5 Å². The Kier molecular flexibility index (Phi) is 4.40. The van der Waals surface area contributed by atoms with Gasteiger partial charge in [0.2, 0.25) is 0 Å². The molecule has 1 aromatic carbocycles. The van der Waals surface area contributed by atoms with Crippen LogP contribution in [-0.4, -0.2) is 41.3 Å². The van der Waals surface area contributed by atoms with Crippen LogP contribution in [-0.2, 0) is 13.0 Å². The van der Waals surface area contributed by atoms with Crippen LogP contribution in [0.1, 0.15) is 27.9 Å². The van der Waals surface area contributed by atoms with Crippen LogP contribution in [0.25, 0.3) is 0 Å². The summed E-state index contributed by atoms with van der Waals surface area (Å²) >= 11 is 6.01. The molecule has 1 fully saturated rings. The number of anilines is 1. The number of likely N-dealkylation sites (tertiary alicyclic amines) is 1. The van der Waals surface area contributed by atoms with Gasteiger partial charge in [0.15, 0.2) is 0 Å². The number of aromatic nitrogens is 1. The van der Waals surface area contributed by atoms with Gasteiger partial charge in [-0.25, -0.2) is 8.78 Å². The Morgan fingerprint density at radius 1 is 1.19 bits per heavy atom. The molecule has 136 valence electrons. The van der Waals surface area contributed by atoms with E-state index in [9.17, 15) is 13.6 Å². The zero-order valence-corrected chi connectivity index (χ0v) is 14.8. The van der Waals surface area contributed by atoms with Crippen molar-refractivity contribution in [2.45, 2.75) is 25.3 Å². The maximum Gasteiger partial charge on any atom is 0.261 e. The van der Waals surface area contributed by atoms with E-state index in [1.165, 1.54) is 0 Å². The van der Waals surface area contributed by atoms with Gasteiger partial charge in [-0.2, -0.15) is 0 Å². The van der Waals surface area contributed by atoms with E-state index in [0.29, 0.717) is 42.3 Å². The molecular formula is C19H18ClF2N3O. The van der Waals surface area contributed by atoms with Gasteiger partial charge < -0.3 is 4.90 Å². The molecule has 0 spiro atoms. The molecule has 3 heterocycles. The van der Waals surface area contributed by atoms with Crippen molar-refractivity contribution in [3.05, 3.63) is 58.4 Å². The maximum absolute atomic E-state index is 13.4. The summed E-state index contributed by atoms with van der Waals surface area (Å²) in [6, 6.07) is 7.15. The first-order chi connectivity index (χ1) is 12.4. The number of amides is 1. The molecule has 2 aliphatic heterocycles. The van der Waals surface area contributed by atoms with Crippen LogP contribution in [0.3, 0.4) is 0 Å². The Labute approximate surface area is 155 Å². The molecule has 1 aromatic heterocycles. The lowest BCUT2D eigenvalue weighted by molar-refractivity contribution is 0.0115. The summed E-state index contributed by atoms with van der Waals surface area (Å²) in [5.41, 5.74) is 3.11. The fourth-order valence-corrected chi connectivity index (χ4v) is 3.81. The van der Waals surface area contributed by atoms with Crippen molar-refractivity contribution in [2.24, 2.45) is 0 Å². The average Bonchev–Trinajstić information content (AvgIpc) is 2.94. The van der Waals surface area contributed by atoms with Gasteiger partial charge in [0, 0.05) is 42.8 Å². The van der Waals surface area contributed by atoms with E-state index in [2.05, 4.69) is 4.98 Å². The van der Waals surface area contributed by atoms with Crippen molar-refractivity contribution in [1.82, 2.24) is 9.88 Å². The summed E-state index contributed by atoms with van der Waals surface area (Å²) in [7, 11) is 0. The van der Waals surface area contributed by atoms with E-state index in [0.717, 1.165) is 11.1 Å². The lowest BCUT2D eigenvalue weighted by Gasteiger charge is -2.29. The molecule has 1 saturated heterocycles. The van der Waals surface area contributed by atoms with Crippen LogP contribution in [0, 0.1) is 0 Å². The third-order valence-electron chi connectivity index (χ3n) is 4.89. The Hall–Kier alpha value is -2.05. The third kappa shape index (κ3) is 3.44. The van der Waals surface area contributed by atoms with E-state index >= 15 is 0 Å². The minimum atomic E-state index is -2.61. The van der Waals surface area contributed by atoms with Crippen molar-refractivity contribution < 1.29 is 13.6 Å². The van der Waals surface area contributed by atoms with Crippen LogP contribution in [0.5, 0.6) is 0 Å². The zero-order valence-electron chi connectivity index (χ0n) is 14.1. The summed E-state index contributed by atoms with van der Waals surface area (Å²) < 4.78 is 26.7. The number of halogens is 3. The first-order valence-electron chi connectivity index (χ1n) is 8.56. The fraction of sp³-hybridized carbons (Fsp3) is 0.368. The van der Waals surface area contributed by atoms with Gasteiger partial charge in [-0.1, -0.05) is 11.6 Å². The molecule has 4 nitrogen and oxygen atoms in total. The Morgan fingerprint density at radius 3 is 2.81 bits per heavy atom. The lowest BCUT2D eigenvalue weighted by Crippen LogP contribution is -2.37. The molecule has 26 heavy (non-hydrogen) atoms. The topological polar surface area (TPSA) is 36.4 Å². The molecule has 2 aliphatic rings. The molecule has 0 bridgehead atoms. The normalized spacial score (nSPS) is 19.7. The zero-order chi connectivity index (χ0) is 18.3. The molecule has 0 saturated carbocycles. The van der Waals surface area contributed by atoms with Gasteiger partial charge in [0.1, 0.15) is 0 Å². The number of fused-ring (bicyclic) bond motifs is 1. The smallest absolute Gasteiger partial charge is 0.261 e. The average molecular weight is 378 g/mol. The van der Waals surface area contributed by atoms with Gasteiger partial charge in [-0.3, -0.25) is 14.7 Å². The molecule has 0 radical (unpaired) electrons. The summed E-state index contributed by atoms with van der Waals surface area (Å²) in [6.45, 7) is 1.09. The molecule has 0 unspecified atom stereocenters. The lowest BCUT2D eigenvalue weighted by atomic mass is 9.98. The van der Waals surface area contributed by atoms with Gasteiger partial charge in [0.25, 0.3) is 11.8 Å². The first kappa shape index (κ1) is 17.4. The minimum Gasteiger partial charge on any atom is -0.306 e. The third-order valence-corrected chi connectivity index (χ3v) is 5.13. The quantitative estimate of drug-likeness (QED) is 0.816. The predicted octanol–water partition coefficient (Wildman–Crippen LogP) is 3.78. The Morgan fingerprint density at radius 2 is 2.04 bits per heavy atom. The Balaban J connectivity index is 1.53. The number of hydrogen-bond donors (Lipinski definition) is 0. The molecular weight excluding hydrogens is 360 g/mol. The summed E-state index contributed by atoms with van der Waals surface area (Å²) in [6.07, 6.45) is 3.91. The van der Waals surface area contributed by atoms with Crippen molar-refractivity contribution in [3.8, 4) is 0 Å². The van der Waals surface area contributed by atoms with Gasteiger partial charge in [-0.05, 0) is 41.8 Å². The number of hydrogen-bond acceptors (Lipinski definition) is 3. The minimum absolute atomic E-state index is 0.0884. The number of benzene rings is 1. The van der Waals surface area contributed by atoms with Crippen LogP contribution in [0.2, 0.25) is 5.02 Å². The van der Waals surface area contributed by atoms with Crippen molar-refractivity contribution in [3.63, 3.8) is 0 Å². The molecule has 0 atom stereocenters. The van der Waals surface area contributed by atoms with Gasteiger partial charge >= 0.3 is 0 Å². The van der Waals surface area contributed by atoms with E-state index in [1.807, 2.05) is 12.1 Å². The van der Waals surface area contributed by atoms with Crippen molar-refractivity contribution in [1.29, 1.82) is 0 Å². The number of rotatable bonds is 3. The highest BCUT2D eigenvalue weighted by molar-refractivity contribution is 6.30. The van der Waals surface area contributed by atoms with E-state index in [-0.39, 0.29) is 18.9 Å². The first-order valence-corrected chi connectivity index (χ1v) is 8.93. The molecule has 0 aliphatic carbocycles. The van der Waals surface area contributed by atoms with Gasteiger partial charge in [0.05, 0.1) is 18.4 Å². The van der Waals surface area contributed by atoms with E-state index < -0.39 is 5.92 Å². The van der Waals surface area contributed by atoms with E-state index in [1.54, 1.807) is 34.3 Å². The number of pyridine rings is 1. The van der Waals surface area contributed by atoms with Crippen LogP contribution in [0.15, 0.2) is 36.7 Å². The summed E-state index contributed by atoms with van der Waals surface area (Å²) in [5, 5.41) is 0.621. The molecule has 4 rings (SSSR count). The highest BCUT2D eigenvalue weighted by Gasteiger charge is 2.38. The highest BCUT2D eigenvalue weighted by Crippen LogP contribution is 2.29. The standard InChI is InChI=1S/C19H18ClF2N3O/c20-15-1-2-17-14(8-15)3-5-25(18(17)26)16-7-13(9-23-10-16)11-24-6-4-19(21,22)12-24/h1-2,7-10H,3-6,11-12H2. The van der Waals surface area contributed by atoms with Crippen LogP contribution >= 0.6 is 11.6 Å². The fourth-order valence-electron chi connectivity index (χ4n) is 3.61. The number of carbonyl (C=O) groups excluding carboxylic acids is 1. The summed E-state index contributed by atoms with van der Waals surface area (Å²) in [5.74, 6) is -2.70. The second-order valence-electron chi connectivity index (χ2n) is 6.88.